The minimum atomic E-state index is -3.57. The Kier molecular flexibility index (Phi) is 4.98. The number of phenols is 1. The van der Waals surface area contributed by atoms with Gasteiger partial charge in [-0.25, -0.2) is 13.1 Å². The number of rotatable bonds is 6. The fraction of sp³-hybridized carbons (Fsp3) is 0.500. The Bertz CT molecular complexity index is 500. The monoisotopic (exact) mass is 272 g/mol. The number of nitrogens with one attached hydrogen (secondary N) is 1. The number of sulfonamides is 1. The van der Waals surface area contributed by atoms with Crippen molar-refractivity contribution >= 4 is 15.7 Å². The van der Waals surface area contributed by atoms with Gasteiger partial charge in [0, 0.05) is 6.04 Å². The van der Waals surface area contributed by atoms with E-state index in [0.29, 0.717) is 0 Å². The van der Waals surface area contributed by atoms with Gasteiger partial charge in [-0.3, -0.25) is 0 Å². The number of phenolic OH excluding ortho intramolecular Hbond substituents is 1. The molecular weight excluding hydrogens is 252 g/mol. The Hall–Kier alpha value is -1.27. The molecule has 0 aliphatic rings. The molecule has 5 nitrogen and oxygen atoms in total. The number of nitrogens with two attached hydrogens (primary N) is 1. The van der Waals surface area contributed by atoms with Crippen molar-refractivity contribution in [2.75, 3.05) is 5.73 Å². The first-order valence-corrected chi connectivity index (χ1v) is 7.46. The van der Waals surface area contributed by atoms with Crippen LogP contribution in [0.4, 0.5) is 5.69 Å². The summed E-state index contributed by atoms with van der Waals surface area (Å²) in [7, 11) is -3.57. The molecule has 1 aromatic carbocycles. The number of benzene rings is 1. The lowest BCUT2D eigenvalue weighted by Gasteiger charge is -2.14. The molecule has 6 heteroatoms. The first-order chi connectivity index (χ1) is 8.36. The predicted octanol–water partition coefficient (Wildman–Crippen LogP) is 1.83. The van der Waals surface area contributed by atoms with Crippen LogP contribution in [0.25, 0.3) is 0 Å². The van der Waals surface area contributed by atoms with Gasteiger partial charge in [-0.05, 0) is 31.5 Å². The van der Waals surface area contributed by atoms with Gasteiger partial charge in [-0.2, -0.15) is 0 Å². The van der Waals surface area contributed by atoms with Crippen molar-refractivity contribution in [3.05, 3.63) is 18.2 Å². The van der Waals surface area contributed by atoms with Crippen LogP contribution >= 0.6 is 0 Å². The van der Waals surface area contributed by atoms with Gasteiger partial charge in [-0.15, -0.1) is 0 Å². The Balaban J connectivity index is 2.83. The lowest BCUT2D eigenvalue weighted by atomic mass is 10.2. The van der Waals surface area contributed by atoms with Crippen LogP contribution in [0, 0.1) is 0 Å². The SMILES string of the molecule is CCCCC(C)NS(=O)(=O)c1ccc(O)c(N)c1. The molecule has 0 spiro atoms. The molecule has 0 bridgehead atoms. The third-order valence-corrected chi connectivity index (χ3v) is 4.24. The van der Waals surface area contributed by atoms with E-state index in [4.69, 9.17) is 5.73 Å². The fourth-order valence-corrected chi connectivity index (χ4v) is 2.91. The third-order valence-electron chi connectivity index (χ3n) is 2.66. The number of unbranched alkanes of at least 4 members (excludes halogenated alkanes) is 1. The van der Waals surface area contributed by atoms with Crippen molar-refractivity contribution in [1.29, 1.82) is 0 Å². The first kappa shape index (κ1) is 14.8. The Morgan fingerprint density at radius 2 is 2.11 bits per heavy atom. The number of hydrogen-bond donors (Lipinski definition) is 3. The van der Waals surface area contributed by atoms with Crippen LogP contribution in [0.1, 0.15) is 33.1 Å². The van der Waals surface area contributed by atoms with E-state index >= 15 is 0 Å². The molecule has 0 aliphatic heterocycles. The van der Waals surface area contributed by atoms with Crippen LogP contribution in [0.5, 0.6) is 5.75 Å². The van der Waals surface area contributed by atoms with Gasteiger partial charge < -0.3 is 10.8 Å². The summed E-state index contributed by atoms with van der Waals surface area (Å²) in [6.45, 7) is 3.89. The van der Waals surface area contributed by atoms with Crippen molar-refractivity contribution in [2.24, 2.45) is 0 Å². The lowest BCUT2D eigenvalue weighted by Crippen LogP contribution is -2.32. The summed E-state index contributed by atoms with van der Waals surface area (Å²) in [5.41, 5.74) is 5.54. The highest BCUT2D eigenvalue weighted by Crippen LogP contribution is 2.23. The minimum Gasteiger partial charge on any atom is -0.506 e. The summed E-state index contributed by atoms with van der Waals surface area (Å²) >= 11 is 0. The molecule has 0 fully saturated rings. The van der Waals surface area contributed by atoms with Gasteiger partial charge in [0.1, 0.15) is 5.75 Å². The average molecular weight is 272 g/mol. The average Bonchev–Trinajstić information content (AvgIpc) is 2.29. The van der Waals surface area contributed by atoms with Gasteiger partial charge in [0.25, 0.3) is 0 Å². The summed E-state index contributed by atoms with van der Waals surface area (Å²) in [4.78, 5) is 0.0705. The molecule has 1 aromatic rings. The highest BCUT2D eigenvalue weighted by Gasteiger charge is 2.17. The van der Waals surface area contributed by atoms with E-state index < -0.39 is 10.0 Å². The molecule has 102 valence electrons. The molecule has 0 heterocycles. The normalized spacial score (nSPS) is 13.4. The van der Waals surface area contributed by atoms with Gasteiger partial charge in [0.05, 0.1) is 10.6 Å². The van der Waals surface area contributed by atoms with Crippen LogP contribution in [0.2, 0.25) is 0 Å². The van der Waals surface area contributed by atoms with Crippen LogP contribution in [0.15, 0.2) is 23.1 Å². The van der Waals surface area contributed by atoms with Gasteiger partial charge in [0.2, 0.25) is 10.0 Å². The lowest BCUT2D eigenvalue weighted by molar-refractivity contribution is 0.477. The zero-order valence-electron chi connectivity index (χ0n) is 10.7. The largest absolute Gasteiger partial charge is 0.506 e. The maximum absolute atomic E-state index is 12.0. The number of nitrogen functional groups attached to an aromatic ring is 1. The topological polar surface area (TPSA) is 92.4 Å². The Labute approximate surface area is 108 Å². The minimum absolute atomic E-state index is 0.0547. The molecule has 0 saturated carbocycles. The van der Waals surface area contributed by atoms with E-state index in [2.05, 4.69) is 11.6 Å². The second kappa shape index (κ2) is 6.06. The second-order valence-electron chi connectivity index (χ2n) is 4.39. The van der Waals surface area contributed by atoms with Crippen molar-refractivity contribution in [2.45, 2.75) is 44.0 Å². The van der Waals surface area contributed by atoms with Gasteiger partial charge >= 0.3 is 0 Å². The summed E-state index contributed by atoms with van der Waals surface area (Å²) < 4.78 is 26.6. The van der Waals surface area contributed by atoms with E-state index in [1.807, 2.05) is 6.92 Å². The summed E-state index contributed by atoms with van der Waals surface area (Å²) in [6, 6.07) is 3.75. The molecule has 0 saturated heterocycles. The van der Waals surface area contributed by atoms with Crippen LogP contribution in [-0.2, 0) is 10.0 Å². The molecule has 1 atom stereocenters. The van der Waals surface area contributed by atoms with Crippen LogP contribution in [0.3, 0.4) is 0 Å². The standard InChI is InChI=1S/C12H20N2O3S/c1-3-4-5-9(2)14-18(16,17)10-6-7-12(15)11(13)8-10/h6-9,14-15H,3-5,13H2,1-2H3. The van der Waals surface area contributed by atoms with Crippen LogP contribution in [-0.4, -0.2) is 19.6 Å². The maximum atomic E-state index is 12.0. The zero-order valence-corrected chi connectivity index (χ0v) is 11.5. The number of hydrogen-bond acceptors (Lipinski definition) is 4. The number of anilines is 1. The van der Waals surface area contributed by atoms with E-state index in [1.165, 1.54) is 18.2 Å². The molecule has 1 unspecified atom stereocenters. The summed E-state index contributed by atoms with van der Waals surface area (Å²) in [5, 5.41) is 9.27. The van der Waals surface area contributed by atoms with Gasteiger partial charge in [0.15, 0.2) is 0 Å². The molecule has 18 heavy (non-hydrogen) atoms. The predicted molar refractivity (Wildman–Crippen MR) is 71.8 cm³/mol. The van der Waals surface area contributed by atoms with E-state index in [1.54, 1.807) is 0 Å². The van der Waals surface area contributed by atoms with Crippen molar-refractivity contribution < 1.29 is 13.5 Å². The van der Waals surface area contributed by atoms with Crippen molar-refractivity contribution in [1.82, 2.24) is 4.72 Å². The molecule has 4 N–H and O–H groups in total. The Morgan fingerprint density at radius 3 is 2.67 bits per heavy atom. The first-order valence-electron chi connectivity index (χ1n) is 5.97. The van der Waals surface area contributed by atoms with Crippen molar-refractivity contribution in [3.63, 3.8) is 0 Å². The van der Waals surface area contributed by atoms with Crippen molar-refractivity contribution in [3.8, 4) is 5.75 Å². The summed E-state index contributed by atoms with van der Waals surface area (Å²) in [6.07, 6.45) is 2.79. The molecule has 0 aliphatic carbocycles. The number of aromatic hydroxyl groups is 1. The van der Waals surface area contributed by atoms with Gasteiger partial charge in [-0.1, -0.05) is 19.8 Å². The quantitative estimate of drug-likeness (QED) is 0.544. The second-order valence-corrected chi connectivity index (χ2v) is 6.10. The van der Waals surface area contributed by atoms with Crippen LogP contribution < -0.4 is 10.5 Å². The molecule has 0 radical (unpaired) electrons. The fourth-order valence-electron chi connectivity index (χ4n) is 1.60. The third kappa shape index (κ3) is 3.89. The Morgan fingerprint density at radius 1 is 1.44 bits per heavy atom. The molecule has 0 amide bonds. The van der Waals surface area contributed by atoms with E-state index in [-0.39, 0.29) is 22.4 Å². The molecule has 1 rings (SSSR count). The highest BCUT2D eigenvalue weighted by atomic mass is 32.2. The molecule has 0 aromatic heterocycles. The van der Waals surface area contributed by atoms with E-state index in [0.717, 1.165) is 19.3 Å². The zero-order chi connectivity index (χ0) is 13.8. The summed E-state index contributed by atoms with van der Waals surface area (Å²) in [5.74, 6) is -0.118. The highest BCUT2D eigenvalue weighted by molar-refractivity contribution is 7.89. The smallest absolute Gasteiger partial charge is 0.240 e. The molecular formula is C12H20N2O3S. The van der Waals surface area contributed by atoms with E-state index in [9.17, 15) is 13.5 Å². The maximum Gasteiger partial charge on any atom is 0.240 e.